The average Bonchev–Trinajstić information content (AvgIpc) is 1.69. The fourth-order valence-corrected chi connectivity index (χ4v) is 0.225. The smallest absolute Gasteiger partial charge is 0.0277 e. The van der Waals surface area contributed by atoms with Gasteiger partial charge in [-0.15, -0.1) is 12.4 Å². The molecule has 3 heteroatoms. The molecule has 48 valence electrons. The van der Waals surface area contributed by atoms with Gasteiger partial charge in [0.25, 0.3) is 0 Å². The Morgan fingerprint density at radius 2 is 2.12 bits per heavy atom. The molecule has 0 amide bonds. The molecule has 8 heavy (non-hydrogen) atoms. The molecule has 0 aliphatic rings. The maximum absolute atomic E-state index is 3.72. The van der Waals surface area contributed by atoms with Gasteiger partial charge in [-0.3, -0.25) is 4.99 Å². The van der Waals surface area contributed by atoms with Gasteiger partial charge in [0.05, 0.1) is 0 Å². The molecular weight excluding hydrogens is 124 g/mol. The second-order valence-corrected chi connectivity index (χ2v) is 1.06. The van der Waals surface area contributed by atoms with Crippen molar-refractivity contribution in [1.82, 2.24) is 5.32 Å². The van der Waals surface area contributed by atoms with E-state index in [4.69, 9.17) is 0 Å². The molecule has 0 bridgehead atoms. The first-order valence-corrected chi connectivity index (χ1v) is 2.16. The molecule has 0 unspecified atom stereocenters. The van der Waals surface area contributed by atoms with Crippen molar-refractivity contribution in [3.05, 3.63) is 12.3 Å². The van der Waals surface area contributed by atoms with Crippen LogP contribution in [-0.4, -0.2) is 20.3 Å². The monoisotopic (exact) mass is 134 g/mol. The van der Waals surface area contributed by atoms with Gasteiger partial charge in [-0.25, -0.2) is 0 Å². The van der Waals surface area contributed by atoms with Crippen molar-refractivity contribution >= 4 is 18.6 Å². The van der Waals surface area contributed by atoms with Crippen LogP contribution in [0.2, 0.25) is 0 Å². The van der Waals surface area contributed by atoms with Crippen molar-refractivity contribution in [2.45, 2.75) is 0 Å². The Kier molecular flexibility index (Phi) is 12.7. The van der Waals surface area contributed by atoms with E-state index in [1.807, 2.05) is 19.3 Å². The zero-order valence-electron chi connectivity index (χ0n) is 5.09. The molecule has 0 fully saturated rings. The summed E-state index contributed by atoms with van der Waals surface area (Å²) in [4.78, 5) is 3.72. The Morgan fingerprint density at radius 1 is 1.50 bits per heavy atom. The number of nitrogens with one attached hydrogen (secondary N) is 1. The number of rotatable bonds is 2. The normalized spacial score (nSPS) is 9.75. The lowest BCUT2D eigenvalue weighted by Gasteiger charge is -1.77. The van der Waals surface area contributed by atoms with Crippen molar-refractivity contribution in [2.75, 3.05) is 14.1 Å². The Bertz CT molecular complexity index is 78.5. The Labute approximate surface area is 56.1 Å². The second kappa shape index (κ2) is 9.71. The fraction of sp³-hybridized carbons (Fsp3) is 0.400. The van der Waals surface area contributed by atoms with Crippen LogP contribution in [0.15, 0.2) is 17.3 Å². The number of allylic oxidation sites excluding steroid dienone is 1. The molecule has 0 aromatic heterocycles. The maximum atomic E-state index is 3.72. The van der Waals surface area contributed by atoms with Gasteiger partial charge in [0, 0.05) is 20.3 Å². The van der Waals surface area contributed by atoms with Gasteiger partial charge in [-0.2, -0.15) is 0 Å². The van der Waals surface area contributed by atoms with E-state index in [1.54, 1.807) is 13.3 Å². The summed E-state index contributed by atoms with van der Waals surface area (Å²) in [5, 5.41) is 2.83. The van der Waals surface area contributed by atoms with E-state index in [0.717, 1.165) is 0 Å². The molecule has 0 saturated carbocycles. The highest BCUT2D eigenvalue weighted by Gasteiger charge is 1.54. The van der Waals surface area contributed by atoms with E-state index in [0.29, 0.717) is 0 Å². The van der Waals surface area contributed by atoms with E-state index >= 15 is 0 Å². The summed E-state index contributed by atoms with van der Waals surface area (Å²) in [6, 6.07) is 0. The van der Waals surface area contributed by atoms with Crippen LogP contribution < -0.4 is 5.32 Å². The molecule has 1 N–H and O–H groups in total. The average molecular weight is 135 g/mol. The van der Waals surface area contributed by atoms with Crippen LogP contribution in [0, 0.1) is 0 Å². The highest BCUT2D eigenvalue weighted by Crippen LogP contribution is 1.57. The van der Waals surface area contributed by atoms with Crippen LogP contribution >= 0.6 is 12.4 Å². The molecule has 0 aliphatic heterocycles. The summed E-state index contributed by atoms with van der Waals surface area (Å²) in [6.45, 7) is 0. The molecule has 2 nitrogen and oxygen atoms in total. The molecule has 0 saturated heterocycles. The maximum Gasteiger partial charge on any atom is 0.0277 e. The van der Waals surface area contributed by atoms with Gasteiger partial charge in [-0.1, -0.05) is 0 Å². The molecule has 0 atom stereocenters. The molecule has 0 heterocycles. The summed E-state index contributed by atoms with van der Waals surface area (Å²) in [6.07, 6.45) is 5.36. The first-order valence-electron chi connectivity index (χ1n) is 2.16. The lowest BCUT2D eigenvalue weighted by atomic mass is 10.6. The van der Waals surface area contributed by atoms with Gasteiger partial charge < -0.3 is 5.32 Å². The molecule has 0 aliphatic carbocycles. The highest BCUT2D eigenvalue weighted by molar-refractivity contribution is 5.85. The molecule has 0 rings (SSSR count). The predicted molar refractivity (Wildman–Crippen MR) is 39.9 cm³/mol. The minimum Gasteiger partial charge on any atom is -0.394 e. The second-order valence-electron chi connectivity index (χ2n) is 1.06. The van der Waals surface area contributed by atoms with Crippen LogP contribution in [0.25, 0.3) is 0 Å². The topological polar surface area (TPSA) is 24.4 Å². The molecule has 0 radical (unpaired) electrons. The Hall–Kier alpha value is -0.500. The third kappa shape index (κ3) is 9.09. The molecule has 0 aromatic carbocycles. The summed E-state index contributed by atoms with van der Waals surface area (Å²) in [5.41, 5.74) is 0. The van der Waals surface area contributed by atoms with Crippen LogP contribution in [-0.2, 0) is 0 Å². The first kappa shape index (κ1) is 10.5. The standard InChI is InChI=1S/C5H10N2.ClH/c1-6-4-3-5-7-2;/h3-6H,1-2H3;1H. The van der Waals surface area contributed by atoms with Gasteiger partial charge >= 0.3 is 0 Å². The minimum atomic E-state index is 0. The molecule has 0 spiro atoms. The van der Waals surface area contributed by atoms with Crippen molar-refractivity contribution in [2.24, 2.45) is 4.99 Å². The van der Waals surface area contributed by atoms with E-state index in [9.17, 15) is 0 Å². The number of nitrogens with zero attached hydrogens (tertiary/aromatic N) is 1. The van der Waals surface area contributed by atoms with Gasteiger partial charge in [-0.05, 0) is 12.3 Å². The summed E-state index contributed by atoms with van der Waals surface area (Å²) < 4.78 is 0. The van der Waals surface area contributed by atoms with Crippen molar-refractivity contribution in [1.29, 1.82) is 0 Å². The van der Waals surface area contributed by atoms with E-state index in [-0.39, 0.29) is 12.4 Å². The van der Waals surface area contributed by atoms with Crippen LogP contribution in [0.5, 0.6) is 0 Å². The minimum absolute atomic E-state index is 0. The zero-order chi connectivity index (χ0) is 5.54. The number of aliphatic imine (C=N–C) groups is 1. The fourth-order valence-electron chi connectivity index (χ4n) is 0.225. The summed E-state index contributed by atoms with van der Waals surface area (Å²) in [7, 11) is 3.58. The predicted octanol–water partition coefficient (Wildman–Crippen LogP) is 0.842. The quantitative estimate of drug-likeness (QED) is 0.557. The molecule has 0 aromatic rings. The number of hydrogen-bond acceptors (Lipinski definition) is 2. The highest BCUT2D eigenvalue weighted by atomic mass is 35.5. The van der Waals surface area contributed by atoms with E-state index < -0.39 is 0 Å². The first-order chi connectivity index (χ1) is 3.41. The van der Waals surface area contributed by atoms with Crippen LogP contribution in [0.3, 0.4) is 0 Å². The third-order valence-electron chi connectivity index (χ3n) is 0.498. The number of hydrogen-bond donors (Lipinski definition) is 1. The van der Waals surface area contributed by atoms with E-state index in [1.165, 1.54) is 0 Å². The van der Waals surface area contributed by atoms with Crippen molar-refractivity contribution in [3.8, 4) is 0 Å². The van der Waals surface area contributed by atoms with Crippen molar-refractivity contribution in [3.63, 3.8) is 0 Å². The van der Waals surface area contributed by atoms with Gasteiger partial charge in [0.1, 0.15) is 0 Å². The van der Waals surface area contributed by atoms with Gasteiger partial charge in [0.2, 0.25) is 0 Å². The lowest BCUT2D eigenvalue weighted by Crippen LogP contribution is -1.90. The van der Waals surface area contributed by atoms with Gasteiger partial charge in [0.15, 0.2) is 0 Å². The largest absolute Gasteiger partial charge is 0.394 e. The van der Waals surface area contributed by atoms with Crippen LogP contribution in [0.1, 0.15) is 0 Å². The summed E-state index contributed by atoms with van der Waals surface area (Å²) >= 11 is 0. The van der Waals surface area contributed by atoms with Crippen molar-refractivity contribution < 1.29 is 0 Å². The van der Waals surface area contributed by atoms with Crippen LogP contribution in [0.4, 0.5) is 0 Å². The Balaban J connectivity index is 0. The Morgan fingerprint density at radius 3 is 2.50 bits per heavy atom. The third-order valence-corrected chi connectivity index (χ3v) is 0.498. The number of halogens is 1. The zero-order valence-corrected chi connectivity index (χ0v) is 5.90. The van der Waals surface area contributed by atoms with E-state index in [2.05, 4.69) is 10.3 Å². The SMILES string of the molecule is CN=CC=CNC.Cl. The summed E-state index contributed by atoms with van der Waals surface area (Å²) in [5.74, 6) is 0. The lowest BCUT2D eigenvalue weighted by molar-refractivity contribution is 1.11. The molecular formula is C5H11ClN2.